The Kier molecular flexibility index (Phi) is 9.43. The van der Waals surface area contributed by atoms with Crippen molar-refractivity contribution in [1.82, 2.24) is 9.88 Å². The van der Waals surface area contributed by atoms with Gasteiger partial charge in [-0.2, -0.15) is 0 Å². The minimum Gasteiger partial charge on any atom is -0.444 e. The summed E-state index contributed by atoms with van der Waals surface area (Å²) < 4.78 is 10.9. The molecule has 1 N–H and O–H groups in total. The van der Waals surface area contributed by atoms with Crippen LogP contribution in [0.15, 0.2) is 60.8 Å². The Morgan fingerprint density at radius 3 is 2.02 bits per heavy atom. The van der Waals surface area contributed by atoms with Gasteiger partial charge in [-0.1, -0.05) is 35.9 Å². The molecule has 3 aromatic rings. The molecule has 9 nitrogen and oxygen atoms in total. The Hall–Kier alpha value is -4.40. The van der Waals surface area contributed by atoms with E-state index in [1.54, 1.807) is 44.0 Å². The van der Waals surface area contributed by atoms with Crippen LogP contribution in [0.25, 0.3) is 11.1 Å². The lowest BCUT2D eigenvalue weighted by Gasteiger charge is -2.36. The predicted molar refractivity (Wildman–Crippen MR) is 169 cm³/mol. The third-order valence-electron chi connectivity index (χ3n) is 6.81. The normalized spacial score (nSPS) is 13.8. The Morgan fingerprint density at radius 2 is 1.44 bits per heavy atom. The summed E-state index contributed by atoms with van der Waals surface area (Å²) in [5.41, 5.74) is 4.31. The topological polar surface area (TPSA) is 101 Å². The van der Waals surface area contributed by atoms with Crippen LogP contribution in [0.4, 0.5) is 21.0 Å². The number of hydrogen-bond acceptors (Lipinski definition) is 7. The molecule has 0 radical (unpaired) electrons. The van der Waals surface area contributed by atoms with Crippen LogP contribution in [0.2, 0.25) is 0 Å². The van der Waals surface area contributed by atoms with E-state index in [1.807, 2.05) is 70.2 Å². The van der Waals surface area contributed by atoms with Gasteiger partial charge in [0.15, 0.2) is 5.78 Å². The maximum Gasteiger partial charge on any atom is 0.412 e. The number of aryl methyl sites for hydroxylation is 1. The van der Waals surface area contributed by atoms with Crippen LogP contribution in [0.3, 0.4) is 0 Å². The number of nitrogens with one attached hydrogen (secondary N) is 1. The number of rotatable bonds is 6. The second-order valence-electron chi connectivity index (χ2n) is 12.8. The standard InChI is InChI=1S/C34H42N4O5/c1-23-8-10-24(11-9-23)25-12-14-28(36-31(40)42-33(2,3)4)26(20-25)21-30(39)29-15-13-27(22-35-29)37-16-18-38(19-17-37)32(41)43-34(5,6)7/h8-15,20,22H,16-19,21H2,1-7H3,(H,36,40). The number of Topliss-reactive ketones (excluding diaryl/α,β-unsaturated/α-hetero) is 1. The van der Waals surface area contributed by atoms with Crippen LogP contribution in [0.5, 0.6) is 0 Å². The summed E-state index contributed by atoms with van der Waals surface area (Å²) in [5, 5.41) is 2.81. The highest BCUT2D eigenvalue weighted by Gasteiger charge is 2.26. The molecule has 228 valence electrons. The summed E-state index contributed by atoms with van der Waals surface area (Å²) >= 11 is 0. The van der Waals surface area contributed by atoms with Crippen molar-refractivity contribution in [3.05, 3.63) is 77.6 Å². The first-order valence-corrected chi connectivity index (χ1v) is 14.6. The summed E-state index contributed by atoms with van der Waals surface area (Å²) in [6, 6.07) is 17.4. The Labute approximate surface area is 254 Å². The van der Waals surface area contributed by atoms with E-state index in [2.05, 4.69) is 15.2 Å². The molecule has 0 atom stereocenters. The van der Waals surface area contributed by atoms with Crippen LogP contribution in [0.1, 0.15) is 63.2 Å². The monoisotopic (exact) mass is 586 g/mol. The van der Waals surface area contributed by atoms with Gasteiger partial charge in [0.1, 0.15) is 16.9 Å². The van der Waals surface area contributed by atoms with Gasteiger partial charge in [-0.05, 0) is 89.4 Å². The number of carbonyl (C=O) groups is 3. The molecule has 0 saturated carbocycles. The highest BCUT2D eigenvalue weighted by Crippen LogP contribution is 2.28. The van der Waals surface area contributed by atoms with Gasteiger partial charge in [0.25, 0.3) is 0 Å². The van der Waals surface area contributed by atoms with Gasteiger partial charge in [-0.3, -0.25) is 15.1 Å². The maximum absolute atomic E-state index is 13.4. The first-order chi connectivity index (χ1) is 20.2. The predicted octanol–water partition coefficient (Wildman–Crippen LogP) is 6.89. The molecule has 0 unspecified atom stereocenters. The van der Waals surface area contributed by atoms with E-state index in [1.165, 1.54) is 0 Å². The zero-order valence-corrected chi connectivity index (χ0v) is 26.2. The van der Waals surface area contributed by atoms with E-state index < -0.39 is 17.3 Å². The second-order valence-corrected chi connectivity index (χ2v) is 12.8. The van der Waals surface area contributed by atoms with Crippen molar-refractivity contribution < 1.29 is 23.9 Å². The second kappa shape index (κ2) is 12.9. The molecule has 9 heteroatoms. The first kappa shape index (κ1) is 31.5. The molecule has 1 fully saturated rings. The van der Waals surface area contributed by atoms with Crippen LogP contribution < -0.4 is 10.2 Å². The molecule has 0 spiro atoms. The molecule has 43 heavy (non-hydrogen) atoms. The molecule has 1 saturated heterocycles. The van der Waals surface area contributed by atoms with Crippen molar-refractivity contribution in [2.24, 2.45) is 0 Å². The van der Waals surface area contributed by atoms with Crippen molar-refractivity contribution in [3.8, 4) is 11.1 Å². The average Bonchev–Trinajstić information content (AvgIpc) is 2.92. The number of ether oxygens (including phenoxy) is 2. The van der Waals surface area contributed by atoms with Crippen LogP contribution in [0, 0.1) is 6.92 Å². The third-order valence-corrected chi connectivity index (χ3v) is 6.81. The highest BCUT2D eigenvalue weighted by molar-refractivity contribution is 5.98. The molecule has 0 aliphatic carbocycles. The Balaban J connectivity index is 1.47. The van der Waals surface area contributed by atoms with E-state index in [0.717, 1.165) is 22.4 Å². The van der Waals surface area contributed by atoms with Crippen molar-refractivity contribution in [1.29, 1.82) is 0 Å². The number of ketones is 1. The van der Waals surface area contributed by atoms with Crippen molar-refractivity contribution in [2.45, 2.75) is 66.1 Å². The van der Waals surface area contributed by atoms with Crippen molar-refractivity contribution >= 4 is 29.3 Å². The third kappa shape index (κ3) is 9.04. The van der Waals surface area contributed by atoms with Gasteiger partial charge in [0.05, 0.1) is 11.9 Å². The van der Waals surface area contributed by atoms with Crippen molar-refractivity contribution in [3.63, 3.8) is 0 Å². The number of carbonyl (C=O) groups excluding carboxylic acids is 3. The first-order valence-electron chi connectivity index (χ1n) is 14.6. The maximum atomic E-state index is 13.4. The SMILES string of the molecule is Cc1ccc(-c2ccc(NC(=O)OC(C)(C)C)c(CC(=O)c3ccc(N4CCN(C(=O)OC(C)(C)C)CC4)cn3)c2)cc1. The lowest BCUT2D eigenvalue weighted by Crippen LogP contribution is -2.50. The van der Waals surface area contributed by atoms with Gasteiger partial charge >= 0.3 is 12.2 Å². The minimum atomic E-state index is -0.657. The van der Waals surface area contributed by atoms with Gasteiger partial charge < -0.3 is 19.3 Å². The number of piperazine rings is 1. The van der Waals surface area contributed by atoms with Gasteiger partial charge in [-0.15, -0.1) is 0 Å². The molecule has 4 rings (SSSR count). The molecule has 2 amide bonds. The molecular formula is C34H42N4O5. The molecule has 2 heterocycles. The highest BCUT2D eigenvalue weighted by atomic mass is 16.6. The van der Waals surface area contributed by atoms with Crippen LogP contribution in [-0.2, 0) is 15.9 Å². The fraction of sp³-hybridized carbons (Fsp3) is 0.412. The van der Waals surface area contributed by atoms with E-state index in [4.69, 9.17) is 9.47 Å². The van der Waals surface area contributed by atoms with E-state index >= 15 is 0 Å². The molecule has 2 aromatic carbocycles. The number of aromatic nitrogens is 1. The van der Waals surface area contributed by atoms with Gasteiger partial charge in [0.2, 0.25) is 0 Å². The number of amides is 2. The summed E-state index contributed by atoms with van der Waals surface area (Å²) in [6.45, 7) is 15.4. The molecule has 0 bridgehead atoms. The van der Waals surface area contributed by atoms with Crippen LogP contribution >= 0.6 is 0 Å². The van der Waals surface area contributed by atoms with Crippen LogP contribution in [-0.4, -0.2) is 65.2 Å². The van der Waals surface area contributed by atoms with Crippen molar-refractivity contribution in [2.75, 3.05) is 36.4 Å². The summed E-state index contributed by atoms with van der Waals surface area (Å²) in [4.78, 5) is 46.7. The zero-order valence-electron chi connectivity index (χ0n) is 26.2. The largest absolute Gasteiger partial charge is 0.444 e. The average molecular weight is 587 g/mol. The number of benzene rings is 2. The zero-order chi connectivity index (χ0) is 31.4. The Morgan fingerprint density at radius 1 is 0.814 bits per heavy atom. The number of anilines is 2. The lowest BCUT2D eigenvalue weighted by atomic mass is 9.97. The lowest BCUT2D eigenvalue weighted by molar-refractivity contribution is 0.0240. The smallest absolute Gasteiger partial charge is 0.412 e. The molecule has 1 aromatic heterocycles. The van der Waals surface area contributed by atoms with E-state index in [9.17, 15) is 14.4 Å². The summed E-state index contributed by atoms with van der Waals surface area (Å²) in [7, 11) is 0. The van der Waals surface area contributed by atoms with E-state index in [0.29, 0.717) is 43.1 Å². The quantitative estimate of drug-likeness (QED) is 0.314. The minimum absolute atomic E-state index is 0.0474. The number of hydrogen-bond donors (Lipinski definition) is 1. The number of pyridine rings is 1. The Bertz CT molecular complexity index is 1450. The van der Waals surface area contributed by atoms with E-state index in [-0.39, 0.29) is 18.3 Å². The van der Waals surface area contributed by atoms with Gasteiger partial charge in [0, 0.05) is 38.3 Å². The molecular weight excluding hydrogens is 544 g/mol. The fourth-order valence-corrected chi connectivity index (χ4v) is 4.68. The fourth-order valence-electron chi connectivity index (χ4n) is 4.68. The van der Waals surface area contributed by atoms with Gasteiger partial charge in [-0.25, -0.2) is 9.59 Å². The number of nitrogens with zero attached hydrogens (tertiary/aromatic N) is 3. The molecule has 1 aliphatic heterocycles. The summed E-state index contributed by atoms with van der Waals surface area (Å²) in [6.07, 6.45) is 0.849. The summed E-state index contributed by atoms with van der Waals surface area (Å²) in [5.74, 6) is -0.172. The molecule has 1 aliphatic rings.